The molecule has 2 N–H and O–H groups in total. The molecule has 1 aliphatic carbocycles. The summed E-state index contributed by atoms with van der Waals surface area (Å²) in [5.41, 5.74) is 2.40. The van der Waals surface area contributed by atoms with E-state index in [1.54, 1.807) is 0 Å². The van der Waals surface area contributed by atoms with Crippen LogP contribution in [0.5, 0.6) is 0 Å². The van der Waals surface area contributed by atoms with Gasteiger partial charge in [0.2, 0.25) is 11.8 Å². The van der Waals surface area contributed by atoms with E-state index in [0.717, 1.165) is 56.1 Å². The predicted octanol–water partition coefficient (Wildman–Crippen LogP) is 5.24. The van der Waals surface area contributed by atoms with E-state index in [9.17, 15) is 9.59 Å². The van der Waals surface area contributed by atoms with Crippen LogP contribution in [0.1, 0.15) is 70.3 Å². The van der Waals surface area contributed by atoms with Gasteiger partial charge in [-0.1, -0.05) is 49.8 Å². The van der Waals surface area contributed by atoms with Gasteiger partial charge in [0, 0.05) is 55.2 Å². The van der Waals surface area contributed by atoms with E-state index < -0.39 is 0 Å². The Hall–Kier alpha value is -1.69. The Bertz CT molecular complexity index is 727. The zero-order valence-corrected chi connectivity index (χ0v) is 21.4. The monoisotopic (exact) mass is 473 g/mol. The van der Waals surface area contributed by atoms with Gasteiger partial charge in [0.05, 0.1) is 0 Å². The minimum atomic E-state index is -0.191. The fourth-order valence-corrected chi connectivity index (χ4v) is 5.91. The second-order valence-electron chi connectivity index (χ2n) is 9.98. The molecule has 0 spiro atoms. The van der Waals surface area contributed by atoms with Crippen molar-refractivity contribution in [3.05, 3.63) is 29.8 Å². The summed E-state index contributed by atoms with van der Waals surface area (Å²) in [5.74, 6) is 2.68. The van der Waals surface area contributed by atoms with Gasteiger partial charge >= 0.3 is 0 Å². The van der Waals surface area contributed by atoms with Crippen LogP contribution in [0.2, 0.25) is 0 Å². The number of aryl methyl sites for hydroxylation is 1. The number of carbonyl (C=O) groups is 2. The van der Waals surface area contributed by atoms with Gasteiger partial charge in [-0.25, -0.2) is 0 Å². The molecule has 33 heavy (non-hydrogen) atoms. The number of benzene rings is 1. The van der Waals surface area contributed by atoms with E-state index in [-0.39, 0.29) is 23.8 Å². The highest BCUT2D eigenvalue weighted by molar-refractivity contribution is 7.99. The van der Waals surface area contributed by atoms with Crippen LogP contribution in [-0.4, -0.2) is 53.9 Å². The molecule has 2 fully saturated rings. The molecule has 1 aliphatic heterocycles. The van der Waals surface area contributed by atoms with Crippen LogP contribution >= 0.6 is 11.8 Å². The van der Waals surface area contributed by atoms with Crippen molar-refractivity contribution in [1.82, 2.24) is 10.2 Å². The summed E-state index contributed by atoms with van der Waals surface area (Å²) in [6.07, 6.45) is 9.41. The highest BCUT2D eigenvalue weighted by Gasteiger charge is 2.29. The number of hydrogen-bond acceptors (Lipinski definition) is 4. The third-order valence-electron chi connectivity index (χ3n) is 7.08. The molecule has 1 aromatic rings. The Kier molecular flexibility index (Phi) is 10.9. The van der Waals surface area contributed by atoms with Crippen molar-refractivity contribution in [1.29, 1.82) is 0 Å². The molecule has 0 bridgehead atoms. The van der Waals surface area contributed by atoms with Crippen molar-refractivity contribution < 1.29 is 9.59 Å². The Labute approximate surface area is 204 Å². The second-order valence-corrected chi connectivity index (χ2v) is 11.2. The molecule has 3 rings (SSSR count). The van der Waals surface area contributed by atoms with Crippen LogP contribution in [0.15, 0.2) is 24.3 Å². The maximum atomic E-state index is 13.2. The van der Waals surface area contributed by atoms with Gasteiger partial charge < -0.3 is 15.5 Å². The van der Waals surface area contributed by atoms with Gasteiger partial charge in [-0.15, -0.1) is 0 Å². The minimum absolute atomic E-state index is 0.0827. The number of thioether (sulfide) groups is 1. The highest BCUT2D eigenvalue weighted by atomic mass is 32.2. The Morgan fingerprint density at radius 3 is 2.48 bits per heavy atom. The molecule has 0 aromatic heterocycles. The molecular weight excluding hydrogens is 430 g/mol. The van der Waals surface area contributed by atoms with E-state index in [1.807, 2.05) is 16.7 Å². The van der Waals surface area contributed by atoms with Gasteiger partial charge in [-0.3, -0.25) is 9.59 Å². The molecule has 2 aliphatic rings. The number of nitrogens with zero attached hydrogens (tertiary/aromatic N) is 1. The van der Waals surface area contributed by atoms with Crippen LogP contribution in [0, 0.1) is 18.8 Å². The summed E-state index contributed by atoms with van der Waals surface area (Å²) in [4.78, 5) is 28.1. The highest BCUT2D eigenvalue weighted by Crippen LogP contribution is 2.31. The van der Waals surface area contributed by atoms with E-state index in [4.69, 9.17) is 0 Å². The Balaban J connectivity index is 1.46. The number of rotatable bonds is 11. The first-order chi connectivity index (χ1) is 16.0. The van der Waals surface area contributed by atoms with Gasteiger partial charge in [0.15, 0.2) is 0 Å². The van der Waals surface area contributed by atoms with Crippen LogP contribution < -0.4 is 10.6 Å². The van der Waals surface area contributed by atoms with Crippen molar-refractivity contribution in [3.63, 3.8) is 0 Å². The summed E-state index contributed by atoms with van der Waals surface area (Å²) >= 11 is 1.91. The predicted molar refractivity (Wildman–Crippen MR) is 140 cm³/mol. The summed E-state index contributed by atoms with van der Waals surface area (Å²) < 4.78 is 0. The number of carbonyl (C=O) groups excluding carboxylic acids is 2. The zero-order chi connectivity index (χ0) is 23.5. The van der Waals surface area contributed by atoms with Crippen LogP contribution in [0.4, 0.5) is 5.69 Å². The van der Waals surface area contributed by atoms with E-state index in [2.05, 4.69) is 48.7 Å². The number of anilines is 1. The second kappa shape index (κ2) is 13.9. The van der Waals surface area contributed by atoms with E-state index in [1.165, 1.54) is 37.7 Å². The molecule has 1 heterocycles. The third-order valence-corrected chi connectivity index (χ3v) is 8.02. The number of amides is 2. The fourth-order valence-electron chi connectivity index (χ4n) is 5.01. The molecular formula is C27H43N3O2S. The standard InChI is InChI=1S/C27H43N3O2S/c1-21-10-12-25(13-11-21)28-14-6-7-22(2)29-27(32)24(19-23-8-4-3-5-9-23)20-26(31)30-15-17-33-18-16-30/h10-13,22-24,28H,3-9,14-20H2,1-2H3,(H,29,32)/t22-,24+/m0/s1. The van der Waals surface area contributed by atoms with Crippen molar-refractivity contribution in [2.75, 3.05) is 36.5 Å². The molecule has 1 saturated carbocycles. The van der Waals surface area contributed by atoms with Gasteiger partial charge in [0.25, 0.3) is 0 Å². The van der Waals surface area contributed by atoms with E-state index >= 15 is 0 Å². The molecule has 5 nitrogen and oxygen atoms in total. The molecule has 184 valence electrons. The van der Waals surface area contributed by atoms with Crippen LogP contribution in [-0.2, 0) is 9.59 Å². The van der Waals surface area contributed by atoms with Crippen LogP contribution in [0.25, 0.3) is 0 Å². The van der Waals surface area contributed by atoms with Crippen molar-refractivity contribution in [2.45, 2.75) is 77.7 Å². The SMILES string of the molecule is Cc1ccc(NCCC[C@H](C)NC(=O)[C@@H](CC(=O)N2CCSCC2)CC2CCCCC2)cc1. The summed E-state index contributed by atoms with van der Waals surface area (Å²) in [5, 5.41) is 6.70. The van der Waals surface area contributed by atoms with Gasteiger partial charge in [0.1, 0.15) is 0 Å². The number of nitrogens with one attached hydrogen (secondary N) is 2. The summed E-state index contributed by atoms with van der Waals surface area (Å²) in [6.45, 7) is 6.72. The average molecular weight is 474 g/mol. The molecule has 2 atom stereocenters. The normalized spacial score (nSPS) is 19.0. The van der Waals surface area contributed by atoms with Crippen molar-refractivity contribution >= 4 is 29.3 Å². The fraction of sp³-hybridized carbons (Fsp3) is 0.704. The average Bonchev–Trinajstić information content (AvgIpc) is 2.83. The summed E-state index contributed by atoms with van der Waals surface area (Å²) in [6, 6.07) is 8.55. The molecule has 2 amide bonds. The maximum Gasteiger partial charge on any atom is 0.223 e. The first-order valence-corrected chi connectivity index (χ1v) is 14.1. The minimum Gasteiger partial charge on any atom is -0.385 e. The lowest BCUT2D eigenvalue weighted by Crippen LogP contribution is -2.43. The van der Waals surface area contributed by atoms with Gasteiger partial charge in [-0.2, -0.15) is 11.8 Å². The lowest BCUT2D eigenvalue weighted by Gasteiger charge is -2.30. The smallest absolute Gasteiger partial charge is 0.223 e. The van der Waals surface area contributed by atoms with Crippen molar-refractivity contribution in [3.8, 4) is 0 Å². The quantitative estimate of drug-likeness (QED) is 0.431. The number of hydrogen-bond donors (Lipinski definition) is 2. The first kappa shape index (κ1) is 25.9. The Morgan fingerprint density at radius 1 is 1.09 bits per heavy atom. The van der Waals surface area contributed by atoms with Gasteiger partial charge in [-0.05, 0) is 51.2 Å². The first-order valence-electron chi connectivity index (χ1n) is 13.0. The molecule has 6 heteroatoms. The topological polar surface area (TPSA) is 61.4 Å². The molecule has 1 aromatic carbocycles. The van der Waals surface area contributed by atoms with Crippen molar-refractivity contribution in [2.24, 2.45) is 11.8 Å². The maximum absolute atomic E-state index is 13.2. The molecule has 0 radical (unpaired) electrons. The van der Waals surface area contributed by atoms with Crippen LogP contribution in [0.3, 0.4) is 0 Å². The summed E-state index contributed by atoms with van der Waals surface area (Å²) in [7, 11) is 0. The molecule has 1 saturated heterocycles. The Morgan fingerprint density at radius 2 is 1.79 bits per heavy atom. The molecule has 0 unspecified atom stereocenters. The zero-order valence-electron chi connectivity index (χ0n) is 20.6. The van der Waals surface area contributed by atoms with E-state index in [0.29, 0.717) is 12.3 Å². The lowest BCUT2D eigenvalue weighted by atomic mass is 9.81. The third kappa shape index (κ3) is 9.23. The largest absolute Gasteiger partial charge is 0.385 e. The lowest BCUT2D eigenvalue weighted by molar-refractivity contribution is -0.136.